The topological polar surface area (TPSA) is 118 Å². The van der Waals surface area contributed by atoms with Gasteiger partial charge in [-0.3, -0.25) is 14.8 Å². The molecule has 3 aromatic rings. The second kappa shape index (κ2) is 10.7. The molecule has 0 atom stereocenters. The van der Waals surface area contributed by atoms with Gasteiger partial charge in [-0.15, -0.1) is 0 Å². The zero-order valence-corrected chi connectivity index (χ0v) is 24.8. The van der Waals surface area contributed by atoms with Gasteiger partial charge in [0.1, 0.15) is 11.3 Å². The Bertz CT molecular complexity index is 1380. The number of carbonyl (C=O) groups is 2. The molecule has 2 aromatic heterocycles. The Morgan fingerprint density at radius 1 is 1.22 bits per heavy atom. The second-order valence-corrected chi connectivity index (χ2v) is 12.1. The summed E-state index contributed by atoms with van der Waals surface area (Å²) in [7, 11) is 1.71. The second-order valence-electron chi connectivity index (χ2n) is 10.9. The number of imidazole rings is 1. The first-order chi connectivity index (χ1) is 17.1. The van der Waals surface area contributed by atoms with E-state index in [-0.39, 0.29) is 5.91 Å². The van der Waals surface area contributed by atoms with Crippen LogP contribution in [0, 0.1) is 27.2 Å². The number of aromatic nitrogens is 4. The van der Waals surface area contributed by atoms with Gasteiger partial charge in [-0.1, -0.05) is 13.8 Å². The summed E-state index contributed by atoms with van der Waals surface area (Å²) in [4.78, 5) is 32.1. The number of rotatable bonds is 7. The minimum atomic E-state index is -0.592. The van der Waals surface area contributed by atoms with Crippen LogP contribution in [0.1, 0.15) is 63.3 Å². The number of fused-ring (bicyclic) bond motifs is 1. The molecular weight excluding hydrogens is 585 g/mol. The van der Waals surface area contributed by atoms with Gasteiger partial charge < -0.3 is 14.2 Å². The van der Waals surface area contributed by atoms with Crippen LogP contribution in [-0.4, -0.2) is 55.4 Å². The smallest absolute Gasteiger partial charge is 0.410 e. The summed E-state index contributed by atoms with van der Waals surface area (Å²) in [6.45, 7) is 14.8. The van der Waals surface area contributed by atoms with Crippen molar-refractivity contribution in [2.45, 2.75) is 67.2 Å². The van der Waals surface area contributed by atoms with E-state index < -0.39 is 17.1 Å². The Hall–Kier alpha value is -3.14. The van der Waals surface area contributed by atoms with Crippen molar-refractivity contribution in [3.8, 4) is 6.07 Å². The summed E-state index contributed by atoms with van der Waals surface area (Å²) in [5.74, 6) is 0.0423. The van der Waals surface area contributed by atoms with E-state index in [0.29, 0.717) is 42.4 Å². The van der Waals surface area contributed by atoms with Gasteiger partial charge >= 0.3 is 6.09 Å². The Balaban J connectivity index is 2.00. The number of hydrogen-bond acceptors (Lipinski definition) is 6. The number of halogens is 1. The van der Waals surface area contributed by atoms with Gasteiger partial charge in [-0.2, -0.15) is 10.4 Å². The highest BCUT2D eigenvalue weighted by atomic mass is 127. The van der Waals surface area contributed by atoms with Crippen LogP contribution in [-0.2, 0) is 17.8 Å². The molecular formula is C26H34IN7O3. The predicted molar refractivity (Wildman–Crippen MR) is 150 cm³/mol. The molecule has 0 fully saturated rings. The van der Waals surface area contributed by atoms with Crippen molar-refractivity contribution in [2.24, 2.45) is 5.41 Å². The zero-order valence-electron chi connectivity index (χ0n) is 22.6. The molecule has 0 saturated carbocycles. The molecule has 0 bridgehead atoms. The van der Waals surface area contributed by atoms with Gasteiger partial charge in [-0.25, -0.2) is 9.78 Å². The number of carbonyl (C=O) groups excluding carboxylic acids is 2. The Morgan fingerprint density at radius 2 is 1.89 bits per heavy atom. The van der Waals surface area contributed by atoms with E-state index in [1.54, 1.807) is 34.8 Å². The van der Waals surface area contributed by atoms with Crippen molar-refractivity contribution in [1.82, 2.24) is 24.2 Å². The third kappa shape index (κ3) is 6.80. The largest absolute Gasteiger partial charge is 0.444 e. The normalized spacial score (nSPS) is 11.9. The van der Waals surface area contributed by atoms with E-state index in [4.69, 9.17) is 9.72 Å². The fourth-order valence-corrected chi connectivity index (χ4v) is 5.09. The first kappa shape index (κ1) is 28.4. The molecule has 2 heterocycles. The van der Waals surface area contributed by atoms with Crippen LogP contribution >= 0.6 is 22.6 Å². The molecule has 0 aliphatic carbocycles. The van der Waals surface area contributed by atoms with Crippen molar-refractivity contribution in [3.63, 3.8) is 0 Å². The number of amides is 2. The molecule has 0 radical (unpaired) electrons. The SMILES string of the molecule is CCn1nc(C)cc1C(=O)Nc1nc2cc(C#N)cc(I)c2n1CC(C)(C)CN(C)C(=O)OC(C)(C)C. The van der Waals surface area contributed by atoms with Crippen LogP contribution in [0.15, 0.2) is 18.2 Å². The van der Waals surface area contributed by atoms with Gasteiger partial charge in [0.2, 0.25) is 5.95 Å². The fraction of sp³-hybridized carbons (Fsp3) is 0.500. The molecule has 2 amide bonds. The summed E-state index contributed by atoms with van der Waals surface area (Å²) in [6, 6.07) is 7.41. The van der Waals surface area contributed by atoms with Gasteiger partial charge in [0.15, 0.2) is 0 Å². The molecule has 37 heavy (non-hydrogen) atoms. The molecule has 1 aromatic carbocycles. The third-order valence-electron chi connectivity index (χ3n) is 5.54. The van der Waals surface area contributed by atoms with Crippen molar-refractivity contribution in [2.75, 3.05) is 18.9 Å². The predicted octanol–water partition coefficient (Wildman–Crippen LogP) is 5.18. The van der Waals surface area contributed by atoms with E-state index in [1.165, 1.54) is 0 Å². The standard InChI is InChI=1S/C26H34IN7O3/c1-9-34-20(10-16(2)31-34)22(35)30-23-29-19-12-17(13-28)11-18(27)21(19)33(23)15-26(6,7)14-32(8)24(36)37-25(3,4)5/h10-12H,9,14-15H2,1-8H3,(H,29,30,35). The first-order valence-electron chi connectivity index (χ1n) is 12.0. The molecule has 10 nitrogen and oxygen atoms in total. The van der Waals surface area contributed by atoms with Crippen LogP contribution in [0.4, 0.5) is 10.7 Å². The Labute approximate surface area is 231 Å². The molecule has 198 valence electrons. The van der Waals surface area contributed by atoms with E-state index in [9.17, 15) is 14.9 Å². The quantitative estimate of drug-likeness (QED) is 0.364. The average molecular weight is 620 g/mol. The molecule has 1 N–H and O–H groups in total. The van der Waals surface area contributed by atoms with Crippen LogP contribution in [0.5, 0.6) is 0 Å². The van der Waals surface area contributed by atoms with E-state index >= 15 is 0 Å². The number of ether oxygens (including phenoxy) is 1. The zero-order chi connectivity index (χ0) is 27.7. The molecule has 11 heteroatoms. The number of nitriles is 1. The summed E-state index contributed by atoms with van der Waals surface area (Å²) in [5.41, 5.74) is 2.08. The lowest BCUT2D eigenvalue weighted by atomic mass is 9.92. The van der Waals surface area contributed by atoms with Gasteiger partial charge in [-0.05, 0) is 75.4 Å². The van der Waals surface area contributed by atoms with Crippen molar-refractivity contribution < 1.29 is 14.3 Å². The highest BCUT2D eigenvalue weighted by Gasteiger charge is 2.29. The lowest BCUT2D eigenvalue weighted by Crippen LogP contribution is -2.41. The molecule has 0 saturated heterocycles. The summed E-state index contributed by atoms with van der Waals surface area (Å²) >= 11 is 2.18. The van der Waals surface area contributed by atoms with Crippen molar-refractivity contribution in [3.05, 3.63) is 38.7 Å². The number of anilines is 1. The van der Waals surface area contributed by atoms with Crippen LogP contribution < -0.4 is 5.32 Å². The van der Waals surface area contributed by atoms with Gasteiger partial charge in [0, 0.05) is 35.7 Å². The van der Waals surface area contributed by atoms with Gasteiger partial charge in [0.05, 0.1) is 28.4 Å². The number of hydrogen-bond donors (Lipinski definition) is 1. The maximum atomic E-state index is 13.3. The van der Waals surface area contributed by atoms with Crippen LogP contribution in [0.2, 0.25) is 0 Å². The summed E-state index contributed by atoms with van der Waals surface area (Å²) in [5, 5.41) is 16.8. The van der Waals surface area contributed by atoms with E-state index in [1.807, 2.05) is 53.0 Å². The minimum absolute atomic E-state index is 0.321. The Morgan fingerprint density at radius 3 is 2.49 bits per heavy atom. The fourth-order valence-electron chi connectivity index (χ4n) is 4.19. The number of nitrogens with one attached hydrogen (secondary N) is 1. The van der Waals surface area contributed by atoms with E-state index in [0.717, 1.165) is 14.8 Å². The molecule has 0 unspecified atom stereocenters. The molecule has 0 aliphatic rings. The van der Waals surface area contributed by atoms with Crippen molar-refractivity contribution >= 4 is 51.6 Å². The Kier molecular flexibility index (Phi) is 8.21. The van der Waals surface area contributed by atoms with Gasteiger partial charge in [0.25, 0.3) is 5.91 Å². The lowest BCUT2D eigenvalue weighted by molar-refractivity contribution is 0.0227. The number of aryl methyl sites for hydroxylation is 2. The van der Waals surface area contributed by atoms with Crippen LogP contribution in [0.3, 0.4) is 0 Å². The monoisotopic (exact) mass is 619 g/mol. The molecule has 0 spiro atoms. The summed E-state index contributed by atoms with van der Waals surface area (Å²) in [6.07, 6.45) is -0.402. The van der Waals surface area contributed by atoms with E-state index in [2.05, 4.69) is 39.1 Å². The number of nitrogens with zero attached hydrogens (tertiary/aromatic N) is 6. The highest BCUT2D eigenvalue weighted by Crippen LogP contribution is 2.31. The average Bonchev–Trinajstić information content (AvgIpc) is 3.31. The summed E-state index contributed by atoms with van der Waals surface area (Å²) < 4.78 is 9.94. The maximum Gasteiger partial charge on any atom is 0.410 e. The van der Waals surface area contributed by atoms with Crippen molar-refractivity contribution in [1.29, 1.82) is 5.26 Å². The maximum absolute atomic E-state index is 13.3. The lowest BCUT2D eigenvalue weighted by Gasteiger charge is -2.32. The minimum Gasteiger partial charge on any atom is -0.444 e. The first-order valence-corrected chi connectivity index (χ1v) is 13.1. The molecule has 0 aliphatic heterocycles. The van der Waals surface area contributed by atoms with Crippen LogP contribution in [0.25, 0.3) is 11.0 Å². The third-order valence-corrected chi connectivity index (χ3v) is 6.36. The number of benzene rings is 1. The molecule has 3 rings (SSSR count). The highest BCUT2D eigenvalue weighted by molar-refractivity contribution is 14.1.